The molecular weight excluding hydrogens is 522 g/mol. The van der Waals surface area contributed by atoms with Crippen molar-refractivity contribution in [1.82, 2.24) is 15.1 Å². The molecule has 2 amide bonds. The Morgan fingerprint density at radius 1 is 1.05 bits per heavy atom. The molecular formula is C29H38ClN3O4S. The second-order valence-corrected chi connectivity index (χ2v) is 13.5. The van der Waals surface area contributed by atoms with Crippen molar-refractivity contribution in [3.05, 3.63) is 64.7 Å². The summed E-state index contributed by atoms with van der Waals surface area (Å²) in [5, 5.41) is 3.73. The molecule has 1 unspecified atom stereocenters. The highest BCUT2D eigenvalue weighted by Gasteiger charge is 2.48. The Balaban J connectivity index is 1.40. The summed E-state index contributed by atoms with van der Waals surface area (Å²) in [7, 11) is -3.24. The number of likely N-dealkylation sites (tertiary alicyclic amines) is 2. The smallest absolute Gasteiger partial charge is 0.229 e. The van der Waals surface area contributed by atoms with Gasteiger partial charge in [0.15, 0.2) is 9.84 Å². The average Bonchev–Trinajstić information content (AvgIpc) is 3.16. The van der Waals surface area contributed by atoms with Crippen molar-refractivity contribution in [2.75, 3.05) is 32.4 Å². The largest absolute Gasteiger partial charge is 0.356 e. The fourth-order valence-electron chi connectivity index (χ4n) is 5.64. The van der Waals surface area contributed by atoms with Crippen molar-refractivity contribution in [2.24, 2.45) is 11.3 Å². The molecule has 2 heterocycles. The third-order valence-electron chi connectivity index (χ3n) is 8.00. The Bertz CT molecular complexity index is 1250. The second-order valence-electron chi connectivity index (χ2n) is 11.0. The van der Waals surface area contributed by atoms with E-state index in [4.69, 9.17) is 11.6 Å². The molecule has 9 heteroatoms. The lowest BCUT2D eigenvalue weighted by Crippen LogP contribution is -2.46. The quantitative estimate of drug-likeness (QED) is 0.490. The van der Waals surface area contributed by atoms with Gasteiger partial charge in [-0.1, -0.05) is 49.7 Å². The predicted molar refractivity (Wildman–Crippen MR) is 149 cm³/mol. The first-order chi connectivity index (χ1) is 18.0. The maximum absolute atomic E-state index is 13.6. The van der Waals surface area contributed by atoms with E-state index in [1.54, 1.807) is 24.3 Å². The van der Waals surface area contributed by atoms with Crippen molar-refractivity contribution >= 4 is 33.3 Å². The highest BCUT2D eigenvalue weighted by Crippen LogP contribution is 2.44. The van der Waals surface area contributed by atoms with Gasteiger partial charge < -0.3 is 10.2 Å². The van der Waals surface area contributed by atoms with E-state index >= 15 is 0 Å². The van der Waals surface area contributed by atoms with Gasteiger partial charge in [-0.25, -0.2) is 8.42 Å². The SMILES string of the molecule is CC(C)C(=O)NCCC(c1cccc(Cl)c1)N1CCC2(CCN(Cc3ccc(S(C)(=O)=O)cc3)C2=O)CC1. The number of benzene rings is 2. The van der Waals surface area contributed by atoms with Gasteiger partial charge in [-0.2, -0.15) is 0 Å². The molecule has 0 saturated carbocycles. The van der Waals surface area contributed by atoms with Gasteiger partial charge in [0.1, 0.15) is 0 Å². The first kappa shape index (κ1) is 28.6. The zero-order valence-electron chi connectivity index (χ0n) is 22.5. The summed E-state index contributed by atoms with van der Waals surface area (Å²) < 4.78 is 23.5. The number of rotatable bonds is 9. The van der Waals surface area contributed by atoms with Crippen LogP contribution in [0.25, 0.3) is 0 Å². The fraction of sp³-hybridized carbons (Fsp3) is 0.517. The van der Waals surface area contributed by atoms with Crippen LogP contribution < -0.4 is 5.32 Å². The van der Waals surface area contributed by atoms with Crippen molar-refractivity contribution in [2.45, 2.75) is 57.0 Å². The van der Waals surface area contributed by atoms with Crippen LogP contribution in [0.2, 0.25) is 5.02 Å². The summed E-state index contributed by atoms with van der Waals surface area (Å²) in [5.74, 6) is 0.200. The molecule has 2 aromatic rings. The molecule has 0 aromatic heterocycles. The molecule has 206 valence electrons. The number of hydrogen-bond acceptors (Lipinski definition) is 5. The highest BCUT2D eigenvalue weighted by molar-refractivity contribution is 7.90. The monoisotopic (exact) mass is 559 g/mol. The number of nitrogens with one attached hydrogen (secondary N) is 1. The van der Waals surface area contributed by atoms with E-state index < -0.39 is 9.84 Å². The number of piperidine rings is 1. The minimum atomic E-state index is -3.24. The maximum Gasteiger partial charge on any atom is 0.229 e. The average molecular weight is 560 g/mol. The topological polar surface area (TPSA) is 86.8 Å². The van der Waals surface area contributed by atoms with Gasteiger partial charge in [-0.05, 0) is 74.2 Å². The Hall–Kier alpha value is -2.42. The fourth-order valence-corrected chi connectivity index (χ4v) is 6.47. The third-order valence-corrected chi connectivity index (χ3v) is 9.36. The molecule has 0 bridgehead atoms. The lowest BCUT2D eigenvalue weighted by molar-refractivity contribution is -0.139. The van der Waals surface area contributed by atoms with Crippen molar-refractivity contribution in [1.29, 1.82) is 0 Å². The molecule has 7 nitrogen and oxygen atoms in total. The van der Waals surface area contributed by atoms with Crippen LogP contribution in [-0.4, -0.2) is 62.5 Å². The van der Waals surface area contributed by atoms with Gasteiger partial charge in [0.05, 0.1) is 10.3 Å². The zero-order chi connectivity index (χ0) is 27.5. The molecule has 2 aromatic carbocycles. The molecule has 38 heavy (non-hydrogen) atoms. The van der Waals surface area contributed by atoms with E-state index in [2.05, 4.69) is 16.3 Å². The van der Waals surface area contributed by atoms with Crippen LogP contribution in [0.15, 0.2) is 53.4 Å². The number of carbonyl (C=O) groups is 2. The minimum Gasteiger partial charge on any atom is -0.356 e. The normalized spacial score (nSPS) is 18.8. The molecule has 0 aliphatic carbocycles. The first-order valence-electron chi connectivity index (χ1n) is 13.3. The number of hydrogen-bond donors (Lipinski definition) is 1. The molecule has 2 saturated heterocycles. The number of halogens is 1. The van der Waals surface area contributed by atoms with Gasteiger partial charge in [0.25, 0.3) is 0 Å². The van der Waals surface area contributed by atoms with Crippen LogP contribution in [0.3, 0.4) is 0 Å². The van der Waals surface area contributed by atoms with E-state index in [1.807, 2.05) is 36.9 Å². The minimum absolute atomic E-state index is 0.0510. The summed E-state index contributed by atoms with van der Waals surface area (Å²) in [6.07, 6.45) is 4.40. The van der Waals surface area contributed by atoms with Crippen LogP contribution >= 0.6 is 11.6 Å². The molecule has 2 aliphatic heterocycles. The maximum atomic E-state index is 13.6. The Kier molecular flexibility index (Phi) is 8.85. The molecule has 4 rings (SSSR count). The third kappa shape index (κ3) is 6.58. The second kappa shape index (κ2) is 11.8. The lowest BCUT2D eigenvalue weighted by atomic mass is 9.76. The molecule has 1 spiro atoms. The molecule has 1 N–H and O–H groups in total. The van der Waals surface area contributed by atoms with E-state index in [0.717, 1.165) is 49.9 Å². The summed E-state index contributed by atoms with van der Waals surface area (Å²) in [6.45, 7) is 7.18. The summed E-state index contributed by atoms with van der Waals surface area (Å²) >= 11 is 6.32. The van der Waals surface area contributed by atoms with Crippen LogP contribution in [0, 0.1) is 11.3 Å². The highest BCUT2D eigenvalue weighted by atomic mass is 35.5. The first-order valence-corrected chi connectivity index (χ1v) is 15.6. The Labute approximate surface area is 231 Å². The van der Waals surface area contributed by atoms with E-state index in [-0.39, 0.29) is 34.1 Å². The van der Waals surface area contributed by atoms with Gasteiger partial charge in [0.2, 0.25) is 11.8 Å². The van der Waals surface area contributed by atoms with Crippen LogP contribution in [-0.2, 0) is 26.0 Å². The summed E-state index contributed by atoms with van der Waals surface area (Å²) in [4.78, 5) is 30.3. The number of nitrogens with zero attached hydrogens (tertiary/aromatic N) is 2. The van der Waals surface area contributed by atoms with Crippen LogP contribution in [0.1, 0.15) is 56.7 Å². The number of carbonyl (C=O) groups excluding carboxylic acids is 2. The summed E-state index contributed by atoms with van der Waals surface area (Å²) in [6, 6.07) is 14.8. The van der Waals surface area contributed by atoms with Crippen molar-refractivity contribution in [3.63, 3.8) is 0 Å². The lowest BCUT2D eigenvalue weighted by Gasteiger charge is -2.42. The van der Waals surface area contributed by atoms with Gasteiger partial charge in [0, 0.05) is 42.9 Å². The Morgan fingerprint density at radius 2 is 1.71 bits per heavy atom. The molecule has 0 radical (unpaired) electrons. The van der Waals surface area contributed by atoms with Gasteiger partial charge in [-0.15, -0.1) is 0 Å². The van der Waals surface area contributed by atoms with Crippen LogP contribution in [0.4, 0.5) is 0 Å². The van der Waals surface area contributed by atoms with Gasteiger partial charge in [-0.3, -0.25) is 14.5 Å². The van der Waals surface area contributed by atoms with Crippen molar-refractivity contribution in [3.8, 4) is 0 Å². The van der Waals surface area contributed by atoms with Crippen molar-refractivity contribution < 1.29 is 18.0 Å². The van der Waals surface area contributed by atoms with E-state index in [1.165, 1.54) is 6.26 Å². The number of sulfone groups is 1. The van der Waals surface area contributed by atoms with E-state index in [9.17, 15) is 18.0 Å². The van der Waals surface area contributed by atoms with E-state index in [0.29, 0.717) is 24.7 Å². The Morgan fingerprint density at radius 3 is 2.32 bits per heavy atom. The molecule has 2 aliphatic rings. The number of amides is 2. The van der Waals surface area contributed by atoms with Gasteiger partial charge >= 0.3 is 0 Å². The standard InChI is InChI=1S/C29H38ClN3O4S/c1-21(2)27(34)31-15-11-26(23-5-4-6-24(30)19-23)32-16-12-29(13-17-32)14-18-33(28(29)35)20-22-7-9-25(10-8-22)38(3,36)37/h4-10,19,21,26H,11-18,20H2,1-3H3,(H,31,34). The summed E-state index contributed by atoms with van der Waals surface area (Å²) in [5.41, 5.74) is 1.72. The predicted octanol–water partition coefficient (Wildman–Crippen LogP) is 4.46. The molecule has 2 fully saturated rings. The van der Waals surface area contributed by atoms with Crippen LogP contribution in [0.5, 0.6) is 0 Å². The zero-order valence-corrected chi connectivity index (χ0v) is 24.0. The molecule has 1 atom stereocenters.